The summed E-state index contributed by atoms with van der Waals surface area (Å²) in [6.45, 7) is 2.87. The number of carbonyl (C=O) groups is 1. The molecule has 0 aromatic carbocycles. The number of aromatic nitrogens is 2. The third-order valence-corrected chi connectivity index (χ3v) is 4.95. The van der Waals surface area contributed by atoms with Crippen LogP contribution in [0.4, 0.5) is 0 Å². The fourth-order valence-corrected chi connectivity index (χ4v) is 3.88. The van der Waals surface area contributed by atoms with Crippen molar-refractivity contribution in [3.63, 3.8) is 0 Å². The van der Waals surface area contributed by atoms with E-state index in [0.717, 1.165) is 48.1 Å². The molecule has 1 aliphatic carbocycles. The first kappa shape index (κ1) is 15.9. The highest BCUT2D eigenvalue weighted by Crippen LogP contribution is 2.25. The molecule has 0 unspecified atom stereocenters. The molecule has 0 radical (unpaired) electrons. The minimum atomic E-state index is 0.134. The second kappa shape index (κ2) is 8.08. The quantitative estimate of drug-likeness (QED) is 0.728. The van der Waals surface area contributed by atoms with E-state index in [9.17, 15) is 4.79 Å². The first-order valence-corrected chi connectivity index (χ1v) is 9.35. The minimum absolute atomic E-state index is 0.134. The monoisotopic (exact) mass is 359 g/mol. The van der Waals surface area contributed by atoms with E-state index in [1.165, 1.54) is 30.8 Å². The summed E-state index contributed by atoms with van der Waals surface area (Å²) in [5.74, 6) is 0.134. The molecule has 0 aliphatic heterocycles. The summed E-state index contributed by atoms with van der Waals surface area (Å²) in [5, 5.41) is 4.95. The smallest absolute Gasteiger partial charge is 0.267 e. The lowest BCUT2D eigenvalue weighted by atomic mass is 9.94. The molecule has 2 rings (SSSR count). The fraction of sp³-hybridized carbons (Fsp3) is 0.786. The molecule has 0 N–H and O–H groups in total. The van der Waals surface area contributed by atoms with Gasteiger partial charge in [0.05, 0.1) is 5.69 Å². The molecule has 0 atom stereocenters. The zero-order chi connectivity index (χ0) is 14.4. The molecule has 0 bridgehead atoms. The van der Waals surface area contributed by atoms with Crippen LogP contribution in [-0.2, 0) is 6.42 Å². The SMILES string of the molecule is CCCc1nnsc1C(=O)N(CCBr)C1CCCCC1. The van der Waals surface area contributed by atoms with Crippen LogP contribution in [0, 0.1) is 0 Å². The Morgan fingerprint density at radius 2 is 2.15 bits per heavy atom. The minimum Gasteiger partial charge on any atom is -0.334 e. The Bertz CT molecular complexity index is 432. The van der Waals surface area contributed by atoms with E-state index in [-0.39, 0.29) is 5.91 Å². The molecule has 1 aromatic heterocycles. The van der Waals surface area contributed by atoms with Crippen LogP contribution in [0.15, 0.2) is 0 Å². The maximum atomic E-state index is 12.8. The summed E-state index contributed by atoms with van der Waals surface area (Å²) in [6.07, 6.45) is 7.87. The van der Waals surface area contributed by atoms with Gasteiger partial charge in [-0.25, -0.2) is 0 Å². The lowest BCUT2D eigenvalue weighted by Crippen LogP contribution is -2.42. The number of hydrogen-bond acceptors (Lipinski definition) is 4. The maximum Gasteiger partial charge on any atom is 0.267 e. The second-order valence-corrected chi connectivity index (χ2v) is 6.83. The maximum absolute atomic E-state index is 12.8. The Labute approximate surface area is 133 Å². The molecule has 1 saturated carbocycles. The number of halogens is 1. The van der Waals surface area contributed by atoms with Gasteiger partial charge in [0.1, 0.15) is 4.88 Å². The zero-order valence-electron chi connectivity index (χ0n) is 12.0. The highest BCUT2D eigenvalue weighted by molar-refractivity contribution is 9.09. The Morgan fingerprint density at radius 1 is 1.40 bits per heavy atom. The van der Waals surface area contributed by atoms with Crippen LogP contribution in [-0.4, -0.2) is 38.3 Å². The van der Waals surface area contributed by atoms with Crippen molar-refractivity contribution in [2.45, 2.75) is 57.9 Å². The molecule has 20 heavy (non-hydrogen) atoms. The third-order valence-electron chi connectivity index (χ3n) is 3.84. The lowest BCUT2D eigenvalue weighted by molar-refractivity contribution is 0.0655. The highest BCUT2D eigenvalue weighted by Gasteiger charge is 2.28. The van der Waals surface area contributed by atoms with E-state index in [0.29, 0.717) is 6.04 Å². The predicted octanol–water partition coefficient (Wildman–Crippen LogP) is 3.66. The second-order valence-electron chi connectivity index (χ2n) is 5.28. The van der Waals surface area contributed by atoms with Gasteiger partial charge in [-0.2, -0.15) is 0 Å². The summed E-state index contributed by atoms with van der Waals surface area (Å²) in [4.78, 5) is 15.6. The Morgan fingerprint density at radius 3 is 2.80 bits per heavy atom. The summed E-state index contributed by atoms with van der Waals surface area (Å²) < 4.78 is 3.98. The molecular formula is C14H22BrN3OS. The van der Waals surface area contributed by atoms with Gasteiger partial charge in [0.25, 0.3) is 5.91 Å². The summed E-state index contributed by atoms with van der Waals surface area (Å²) in [5.41, 5.74) is 0.873. The summed E-state index contributed by atoms with van der Waals surface area (Å²) in [7, 11) is 0. The topological polar surface area (TPSA) is 46.1 Å². The number of rotatable bonds is 6. The highest BCUT2D eigenvalue weighted by atomic mass is 79.9. The van der Waals surface area contributed by atoms with Crippen molar-refractivity contribution in [1.29, 1.82) is 0 Å². The van der Waals surface area contributed by atoms with Crippen LogP contribution in [0.5, 0.6) is 0 Å². The normalized spacial score (nSPS) is 16.3. The Kier molecular flexibility index (Phi) is 6.42. The first-order chi connectivity index (χ1) is 9.77. The van der Waals surface area contributed by atoms with Crippen molar-refractivity contribution < 1.29 is 4.79 Å². The number of alkyl halides is 1. The molecule has 1 amide bonds. The van der Waals surface area contributed by atoms with Gasteiger partial charge in [0, 0.05) is 17.9 Å². The molecular weight excluding hydrogens is 338 g/mol. The summed E-state index contributed by atoms with van der Waals surface area (Å²) in [6, 6.07) is 0.394. The molecule has 0 spiro atoms. The Balaban J connectivity index is 2.14. The van der Waals surface area contributed by atoms with Crippen molar-refractivity contribution in [1.82, 2.24) is 14.5 Å². The molecule has 1 aliphatic rings. The number of nitrogens with zero attached hydrogens (tertiary/aromatic N) is 3. The van der Waals surface area contributed by atoms with Gasteiger partial charge in [0.15, 0.2) is 0 Å². The van der Waals surface area contributed by atoms with E-state index < -0.39 is 0 Å². The van der Waals surface area contributed by atoms with Gasteiger partial charge in [0.2, 0.25) is 0 Å². The molecule has 1 aromatic rings. The molecule has 1 heterocycles. The van der Waals surface area contributed by atoms with Crippen LogP contribution < -0.4 is 0 Å². The third kappa shape index (κ3) is 3.79. The van der Waals surface area contributed by atoms with Crippen molar-refractivity contribution in [3.05, 3.63) is 10.6 Å². The molecule has 6 heteroatoms. The van der Waals surface area contributed by atoms with Gasteiger partial charge in [-0.3, -0.25) is 4.79 Å². The standard InChI is InChI=1S/C14H22BrN3OS/c1-2-6-12-13(20-17-16-12)14(19)18(10-9-15)11-7-4-3-5-8-11/h11H,2-10H2,1H3. The van der Waals surface area contributed by atoms with Crippen molar-refractivity contribution in [2.24, 2.45) is 0 Å². The van der Waals surface area contributed by atoms with Crippen molar-refractivity contribution in [2.75, 3.05) is 11.9 Å². The molecule has 4 nitrogen and oxygen atoms in total. The number of carbonyl (C=O) groups excluding carboxylic acids is 1. The van der Waals surface area contributed by atoms with E-state index in [4.69, 9.17) is 0 Å². The fourth-order valence-electron chi connectivity index (χ4n) is 2.84. The molecule has 112 valence electrons. The van der Waals surface area contributed by atoms with Gasteiger partial charge in [-0.1, -0.05) is 53.0 Å². The van der Waals surface area contributed by atoms with Crippen LogP contribution in [0.3, 0.4) is 0 Å². The average molecular weight is 360 g/mol. The number of aryl methyl sites for hydroxylation is 1. The Hall–Kier alpha value is -0.490. The average Bonchev–Trinajstić information content (AvgIpc) is 2.94. The number of amides is 1. The van der Waals surface area contributed by atoms with Crippen LogP contribution >= 0.6 is 27.5 Å². The van der Waals surface area contributed by atoms with E-state index >= 15 is 0 Å². The molecule has 1 fully saturated rings. The zero-order valence-corrected chi connectivity index (χ0v) is 14.4. The van der Waals surface area contributed by atoms with Crippen LogP contribution in [0.2, 0.25) is 0 Å². The molecule has 0 saturated heterocycles. The van der Waals surface area contributed by atoms with E-state index in [2.05, 4.69) is 32.4 Å². The first-order valence-electron chi connectivity index (χ1n) is 7.46. The lowest BCUT2D eigenvalue weighted by Gasteiger charge is -2.33. The predicted molar refractivity (Wildman–Crippen MR) is 85.6 cm³/mol. The van der Waals surface area contributed by atoms with Gasteiger partial charge in [-0.15, -0.1) is 5.10 Å². The number of hydrogen-bond donors (Lipinski definition) is 0. The van der Waals surface area contributed by atoms with E-state index in [1.807, 2.05) is 4.90 Å². The van der Waals surface area contributed by atoms with Gasteiger partial charge >= 0.3 is 0 Å². The van der Waals surface area contributed by atoms with Crippen molar-refractivity contribution in [3.8, 4) is 0 Å². The van der Waals surface area contributed by atoms with E-state index in [1.54, 1.807) is 0 Å². The van der Waals surface area contributed by atoms with Gasteiger partial charge < -0.3 is 4.90 Å². The van der Waals surface area contributed by atoms with Crippen molar-refractivity contribution >= 4 is 33.4 Å². The largest absolute Gasteiger partial charge is 0.334 e. The van der Waals surface area contributed by atoms with Crippen LogP contribution in [0.1, 0.15) is 60.8 Å². The van der Waals surface area contributed by atoms with Crippen LogP contribution in [0.25, 0.3) is 0 Å². The summed E-state index contributed by atoms with van der Waals surface area (Å²) >= 11 is 4.72. The van der Waals surface area contributed by atoms with Gasteiger partial charge in [-0.05, 0) is 30.8 Å².